The summed E-state index contributed by atoms with van der Waals surface area (Å²) in [7, 11) is 0. The predicted molar refractivity (Wildman–Crippen MR) is 72.9 cm³/mol. The van der Waals surface area contributed by atoms with E-state index in [1.807, 2.05) is 38.1 Å². The molecule has 0 fully saturated rings. The lowest BCUT2D eigenvalue weighted by Gasteiger charge is -2.30. The number of benzene rings is 2. The van der Waals surface area contributed by atoms with Crippen LogP contribution in [0.4, 0.5) is 0 Å². The molecule has 2 atom stereocenters. The number of hydrogen-bond donors (Lipinski definition) is 1. The van der Waals surface area contributed by atoms with Crippen LogP contribution in [-0.2, 0) is 5.60 Å². The third kappa shape index (κ3) is 1.98. The maximum Gasteiger partial charge on any atom is 0.0934 e. The van der Waals surface area contributed by atoms with Gasteiger partial charge in [0.25, 0.3) is 0 Å². The topological polar surface area (TPSA) is 20.2 Å². The summed E-state index contributed by atoms with van der Waals surface area (Å²) >= 11 is 0. The van der Waals surface area contributed by atoms with Gasteiger partial charge in [0.05, 0.1) is 5.60 Å². The van der Waals surface area contributed by atoms with E-state index in [1.54, 1.807) is 6.08 Å². The molecule has 0 aromatic heterocycles. The molecule has 0 bridgehead atoms. The van der Waals surface area contributed by atoms with Crippen molar-refractivity contribution in [2.45, 2.75) is 19.4 Å². The highest BCUT2D eigenvalue weighted by atomic mass is 16.3. The van der Waals surface area contributed by atoms with Gasteiger partial charge in [0.1, 0.15) is 0 Å². The van der Waals surface area contributed by atoms with Crippen molar-refractivity contribution in [1.29, 1.82) is 0 Å². The van der Waals surface area contributed by atoms with Gasteiger partial charge >= 0.3 is 0 Å². The molecule has 0 amide bonds. The first-order valence-electron chi connectivity index (χ1n) is 5.90. The Balaban J connectivity index is 2.66. The summed E-state index contributed by atoms with van der Waals surface area (Å²) in [5.74, 6) is 0.00769. The maximum atomic E-state index is 10.7. The fourth-order valence-electron chi connectivity index (χ4n) is 2.14. The molecule has 88 valence electrons. The van der Waals surface area contributed by atoms with E-state index in [9.17, 15) is 5.11 Å². The van der Waals surface area contributed by atoms with E-state index >= 15 is 0 Å². The molecule has 0 saturated heterocycles. The molecule has 2 aromatic carbocycles. The van der Waals surface area contributed by atoms with E-state index in [-0.39, 0.29) is 5.92 Å². The highest BCUT2D eigenvalue weighted by molar-refractivity contribution is 5.86. The zero-order chi connectivity index (χ0) is 12.5. The van der Waals surface area contributed by atoms with Crippen LogP contribution in [0.2, 0.25) is 0 Å². The highest BCUT2D eigenvalue weighted by Crippen LogP contribution is 2.34. The van der Waals surface area contributed by atoms with Crippen LogP contribution in [0, 0.1) is 5.92 Å². The molecule has 0 aliphatic carbocycles. The van der Waals surface area contributed by atoms with Gasteiger partial charge in [-0.25, -0.2) is 0 Å². The van der Waals surface area contributed by atoms with E-state index < -0.39 is 5.60 Å². The van der Waals surface area contributed by atoms with Crippen molar-refractivity contribution in [2.24, 2.45) is 5.92 Å². The molecular formula is C16H18O. The third-order valence-corrected chi connectivity index (χ3v) is 3.58. The van der Waals surface area contributed by atoms with Gasteiger partial charge in [0.2, 0.25) is 0 Å². The van der Waals surface area contributed by atoms with E-state index in [0.717, 1.165) is 16.3 Å². The molecule has 1 nitrogen and oxygen atoms in total. The summed E-state index contributed by atoms with van der Waals surface area (Å²) in [6.45, 7) is 7.60. The Kier molecular flexibility index (Phi) is 3.03. The second-order valence-electron chi connectivity index (χ2n) is 4.70. The zero-order valence-corrected chi connectivity index (χ0v) is 10.4. The van der Waals surface area contributed by atoms with Crippen LogP contribution in [0.5, 0.6) is 0 Å². The Hall–Kier alpha value is -1.60. The molecule has 0 radical (unpaired) electrons. The molecule has 0 heterocycles. The van der Waals surface area contributed by atoms with Gasteiger partial charge in [-0.05, 0) is 23.3 Å². The van der Waals surface area contributed by atoms with Gasteiger partial charge in [0, 0.05) is 5.92 Å². The standard InChI is InChI=1S/C16H18O/c1-4-12(2)16(3,17)15-11-7-9-13-8-5-6-10-14(13)15/h4-12,17H,1H2,2-3H3/t12-,16-/m1/s1. The Morgan fingerprint density at radius 1 is 1.18 bits per heavy atom. The lowest BCUT2D eigenvalue weighted by atomic mass is 9.82. The summed E-state index contributed by atoms with van der Waals surface area (Å²) in [5, 5.41) is 12.9. The lowest BCUT2D eigenvalue weighted by molar-refractivity contribution is 0.0220. The van der Waals surface area contributed by atoms with Gasteiger partial charge in [0.15, 0.2) is 0 Å². The number of aliphatic hydroxyl groups is 1. The van der Waals surface area contributed by atoms with Crippen LogP contribution in [0.1, 0.15) is 19.4 Å². The van der Waals surface area contributed by atoms with Gasteiger partial charge in [-0.15, -0.1) is 6.58 Å². The summed E-state index contributed by atoms with van der Waals surface area (Å²) in [6, 6.07) is 14.2. The third-order valence-electron chi connectivity index (χ3n) is 3.58. The fraction of sp³-hybridized carbons (Fsp3) is 0.250. The number of fused-ring (bicyclic) bond motifs is 1. The van der Waals surface area contributed by atoms with Gasteiger partial charge < -0.3 is 5.11 Å². The van der Waals surface area contributed by atoms with Crippen molar-refractivity contribution < 1.29 is 5.11 Å². The SMILES string of the molecule is C=C[C@@H](C)[C@@](C)(O)c1cccc2ccccc12. The summed E-state index contributed by atoms with van der Waals surface area (Å²) in [4.78, 5) is 0. The fourth-order valence-corrected chi connectivity index (χ4v) is 2.14. The smallest absolute Gasteiger partial charge is 0.0934 e. The summed E-state index contributed by atoms with van der Waals surface area (Å²) in [6.07, 6.45) is 1.79. The van der Waals surface area contributed by atoms with Crippen molar-refractivity contribution in [3.8, 4) is 0 Å². The Morgan fingerprint density at radius 2 is 1.82 bits per heavy atom. The minimum absolute atomic E-state index is 0.00769. The van der Waals surface area contributed by atoms with Gasteiger partial charge in [-0.1, -0.05) is 55.5 Å². The van der Waals surface area contributed by atoms with Gasteiger partial charge in [-0.3, -0.25) is 0 Å². The summed E-state index contributed by atoms with van der Waals surface area (Å²) in [5.41, 5.74) is 0.0748. The lowest BCUT2D eigenvalue weighted by Crippen LogP contribution is -2.28. The summed E-state index contributed by atoms with van der Waals surface area (Å²) < 4.78 is 0. The van der Waals surface area contributed by atoms with Crippen LogP contribution < -0.4 is 0 Å². The molecule has 1 N–H and O–H groups in total. The molecule has 17 heavy (non-hydrogen) atoms. The van der Waals surface area contributed by atoms with Crippen LogP contribution >= 0.6 is 0 Å². The molecule has 2 rings (SSSR count). The minimum atomic E-state index is -0.886. The van der Waals surface area contributed by atoms with E-state index in [1.165, 1.54) is 0 Å². The normalized spacial score (nSPS) is 16.4. The van der Waals surface area contributed by atoms with Crippen molar-refractivity contribution in [2.75, 3.05) is 0 Å². The quantitative estimate of drug-likeness (QED) is 0.788. The predicted octanol–water partition coefficient (Wildman–Crippen LogP) is 3.87. The molecule has 2 aromatic rings. The number of rotatable bonds is 3. The van der Waals surface area contributed by atoms with Gasteiger partial charge in [-0.2, -0.15) is 0 Å². The van der Waals surface area contributed by atoms with E-state index in [0.29, 0.717) is 0 Å². The molecule has 1 heteroatoms. The molecule has 0 aliphatic rings. The van der Waals surface area contributed by atoms with Crippen LogP contribution in [0.15, 0.2) is 55.1 Å². The molecule has 0 saturated carbocycles. The maximum absolute atomic E-state index is 10.7. The largest absolute Gasteiger partial charge is 0.385 e. The average Bonchev–Trinajstić information content (AvgIpc) is 2.37. The van der Waals surface area contributed by atoms with E-state index in [2.05, 4.69) is 24.8 Å². The van der Waals surface area contributed by atoms with Crippen molar-refractivity contribution in [3.05, 3.63) is 60.7 Å². The first kappa shape index (κ1) is 11.9. The monoisotopic (exact) mass is 226 g/mol. The zero-order valence-electron chi connectivity index (χ0n) is 10.4. The van der Waals surface area contributed by atoms with Crippen molar-refractivity contribution in [1.82, 2.24) is 0 Å². The highest BCUT2D eigenvalue weighted by Gasteiger charge is 2.29. The van der Waals surface area contributed by atoms with Crippen LogP contribution in [-0.4, -0.2) is 5.11 Å². The Morgan fingerprint density at radius 3 is 2.53 bits per heavy atom. The second-order valence-corrected chi connectivity index (χ2v) is 4.70. The van der Waals surface area contributed by atoms with Crippen molar-refractivity contribution in [3.63, 3.8) is 0 Å². The van der Waals surface area contributed by atoms with E-state index in [4.69, 9.17) is 0 Å². The Labute approximate surface area is 102 Å². The number of hydrogen-bond acceptors (Lipinski definition) is 1. The van der Waals surface area contributed by atoms with Crippen molar-refractivity contribution >= 4 is 10.8 Å². The Bertz CT molecular complexity index is 535. The molecule has 0 spiro atoms. The van der Waals surface area contributed by atoms with Crippen LogP contribution in [0.3, 0.4) is 0 Å². The minimum Gasteiger partial charge on any atom is -0.385 e. The molecule has 0 aliphatic heterocycles. The molecular weight excluding hydrogens is 208 g/mol. The molecule has 0 unspecified atom stereocenters. The van der Waals surface area contributed by atoms with Crippen LogP contribution in [0.25, 0.3) is 10.8 Å². The average molecular weight is 226 g/mol. The second kappa shape index (κ2) is 4.34. The first-order valence-corrected chi connectivity index (χ1v) is 5.90. The first-order chi connectivity index (χ1) is 8.07.